The van der Waals surface area contributed by atoms with Crippen molar-refractivity contribution < 1.29 is 14.3 Å². The lowest BCUT2D eigenvalue weighted by atomic mass is 10.2. The molecule has 0 radical (unpaired) electrons. The number of carbonyl (C=O) groups excluding carboxylic acids is 1. The van der Waals surface area contributed by atoms with Crippen LogP contribution in [0.15, 0.2) is 88.4 Å². The van der Waals surface area contributed by atoms with Crippen LogP contribution in [0.25, 0.3) is 0 Å². The molecule has 6 heteroatoms. The molecule has 28 heavy (non-hydrogen) atoms. The summed E-state index contributed by atoms with van der Waals surface area (Å²) in [6.07, 6.45) is 1.58. The van der Waals surface area contributed by atoms with Crippen molar-refractivity contribution in [1.82, 2.24) is 5.43 Å². The number of nitrogens with one attached hydrogen (secondary N) is 1. The third-order valence-corrected chi connectivity index (χ3v) is 4.24. The van der Waals surface area contributed by atoms with E-state index in [1.165, 1.54) is 0 Å². The Kier molecular flexibility index (Phi) is 7.21. The van der Waals surface area contributed by atoms with Crippen molar-refractivity contribution in [1.29, 1.82) is 0 Å². The molecule has 0 unspecified atom stereocenters. The topological polar surface area (TPSA) is 59.9 Å². The molecule has 3 aromatic carbocycles. The molecular formula is C22H19BrN2O3. The lowest BCUT2D eigenvalue weighted by Crippen LogP contribution is -2.17. The van der Waals surface area contributed by atoms with E-state index >= 15 is 0 Å². The number of amides is 1. The van der Waals surface area contributed by atoms with E-state index in [2.05, 4.69) is 26.5 Å². The van der Waals surface area contributed by atoms with Gasteiger partial charge in [0.2, 0.25) is 0 Å². The average Bonchev–Trinajstić information content (AvgIpc) is 2.73. The zero-order valence-corrected chi connectivity index (χ0v) is 16.6. The summed E-state index contributed by atoms with van der Waals surface area (Å²) in [5, 5.41) is 3.99. The monoisotopic (exact) mass is 438 g/mol. The largest absolute Gasteiger partial charge is 0.490 e. The van der Waals surface area contributed by atoms with Gasteiger partial charge in [0, 0.05) is 10.0 Å². The molecule has 0 aromatic heterocycles. The maximum Gasteiger partial charge on any atom is 0.271 e. The molecule has 0 bridgehead atoms. The van der Waals surface area contributed by atoms with Crippen LogP contribution in [0, 0.1) is 0 Å². The van der Waals surface area contributed by atoms with E-state index in [0.717, 1.165) is 15.8 Å². The lowest BCUT2D eigenvalue weighted by molar-refractivity contribution is 0.0955. The van der Waals surface area contributed by atoms with Crippen molar-refractivity contribution in [2.24, 2.45) is 5.10 Å². The summed E-state index contributed by atoms with van der Waals surface area (Å²) in [4.78, 5) is 11.9. The minimum Gasteiger partial charge on any atom is -0.490 e. The van der Waals surface area contributed by atoms with Gasteiger partial charge in [0.15, 0.2) is 0 Å². The third kappa shape index (κ3) is 6.25. The average molecular weight is 439 g/mol. The van der Waals surface area contributed by atoms with Gasteiger partial charge in [-0.05, 0) is 54.1 Å². The first kappa shape index (κ1) is 19.6. The van der Waals surface area contributed by atoms with Crippen LogP contribution in [0.5, 0.6) is 11.5 Å². The summed E-state index contributed by atoms with van der Waals surface area (Å²) in [6.45, 7) is 0.856. The fourth-order valence-corrected chi connectivity index (χ4v) is 2.62. The highest BCUT2D eigenvalue weighted by atomic mass is 79.9. The summed E-state index contributed by atoms with van der Waals surface area (Å²) in [6, 6.07) is 24.0. The molecule has 3 aromatic rings. The minimum atomic E-state index is -0.255. The summed E-state index contributed by atoms with van der Waals surface area (Å²) in [5.41, 5.74) is 3.88. The highest BCUT2D eigenvalue weighted by molar-refractivity contribution is 9.10. The predicted molar refractivity (Wildman–Crippen MR) is 113 cm³/mol. The van der Waals surface area contributed by atoms with Crippen molar-refractivity contribution in [3.63, 3.8) is 0 Å². The molecule has 3 rings (SSSR count). The van der Waals surface area contributed by atoms with Gasteiger partial charge in [0.25, 0.3) is 5.91 Å². The summed E-state index contributed by atoms with van der Waals surface area (Å²) in [7, 11) is 0. The highest BCUT2D eigenvalue weighted by Crippen LogP contribution is 2.16. The molecule has 1 N–H and O–H groups in total. The van der Waals surface area contributed by atoms with Gasteiger partial charge in [-0.1, -0.05) is 46.3 Å². The maximum atomic E-state index is 11.9. The Bertz CT molecular complexity index is 928. The third-order valence-electron chi connectivity index (χ3n) is 3.71. The summed E-state index contributed by atoms with van der Waals surface area (Å²) < 4.78 is 12.3. The number of rotatable bonds is 8. The zero-order valence-electron chi connectivity index (χ0n) is 15.0. The van der Waals surface area contributed by atoms with Crippen molar-refractivity contribution in [3.8, 4) is 11.5 Å². The summed E-state index contributed by atoms with van der Waals surface area (Å²) in [5.74, 6) is 1.24. The fraction of sp³-hybridized carbons (Fsp3) is 0.0909. The van der Waals surface area contributed by atoms with Gasteiger partial charge in [-0.3, -0.25) is 4.79 Å². The number of hydrogen-bond acceptors (Lipinski definition) is 4. The second kappa shape index (κ2) is 10.3. The van der Waals surface area contributed by atoms with Crippen LogP contribution in [0.2, 0.25) is 0 Å². The van der Waals surface area contributed by atoms with Gasteiger partial charge in [-0.25, -0.2) is 5.43 Å². The van der Waals surface area contributed by atoms with E-state index < -0.39 is 0 Å². The first-order valence-corrected chi connectivity index (χ1v) is 9.50. The maximum absolute atomic E-state index is 11.9. The number of hydrogen-bond donors (Lipinski definition) is 1. The first-order chi connectivity index (χ1) is 13.7. The van der Waals surface area contributed by atoms with Crippen molar-refractivity contribution in [3.05, 3.63) is 94.5 Å². The van der Waals surface area contributed by atoms with E-state index in [-0.39, 0.29) is 5.91 Å². The molecule has 0 spiro atoms. The Morgan fingerprint density at radius 2 is 1.61 bits per heavy atom. The molecule has 1 amide bonds. The zero-order chi connectivity index (χ0) is 19.6. The molecule has 0 aliphatic carbocycles. The molecule has 142 valence electrons. The van der Waals surface area contributed by atoms with E-state index in [9.17, 15) is 4.79 Å². The summed E-state index contributed by atoms with van der Waals surface area (Å²) >= 11 is 3.39. The normalized spacial score (nSPS) is 10.6. The molecule has 5 nitrogen and oxygen atoms in total. The van der Waals surface area contributed by atoms with Crippen molar-refractivity contribution in [2.45, 2.75) is 0 Å². The Morgan fingerprint density at radius 1 is 0.893 bits per heavy atom. The molecule has 0 fully saturated rings. The molecule has 0 atom stereocenters. The van der Waals surface area contributed by atoms with Crippen LogP contribution in [0.4, 0.5) is 0 Å². The molecule has 0 aliphatic heterocycles. The van der Waals surface area contributed by atoms with Gasteiger partial charge in [-0.15, -0.1) is 0 Å². The molecule has 0 saturated carbocycles. The smallest absolute Gasteiger partial charge is 0.271 e. The molecule has 0 saturated heterocycles. The SMILES string of the molecule is O=C(N/N=C\c1cccc(OCCOc2ccc(Br)cc2)c1)c1ccccc1. The van der Waals surface area contributed by atoms with Crippen LogP contribution < -0.4 is 14.9 Å². The molecular weight excluding hydrogens is 420 g/mol. The Labute approximate surface area is 172 Å². The quantitative estimate of drug-likeness (QED) is 0.315. The van der Waals surface area contributed by atoms with Gasteiger partial charge >= 0.3 is 0 Å². The van der Waals surface area contributed by atoms with Gasteiger partial charge in [-0.2, -0.15) is 5.10 Å². The molecule has 0 aliphatic rings. The van der Waals surface area contributed by atoms with E-state index in [0.29, 0.717) is 24.5 Å². The standard InChI is InChI=1S/C22H19BrN2O3/c23-19-9-11-20(12-10-19)27-13-14-28-21-8-4-5-17(15-21)16-24-25-22(26)18-6-2-1-3-7-18/h1-12,15-16H,13-14H2,(H,25,26)/b24-16-. The van der Waals surface area contributed by atoms with Crippen LogP contribution in [0.1, 0.15) is 15.9 Å². The highest BCUT2D eigenvalue weighted by Gasteiger charge is 2.02. The van der Waals surface area contributed by atoms with Gasteiger partial charge in [0.1, 0.15) is 24.7 Å². The Balaban J connectivity index is 1.45. The molecule has 0 heterocycles. The van der Waals surface area contributed by atoms with E-state index in [1.807, 2.05) is 54.6 Å². The fourth-order valence-electron chi connectivity index (χ4n) is 2.35. The van der Waals surface area contributed by atoms with Crippen LogP contribution in [-0.2, 0) is 0 Å². The predicted octanol–water partition coefficient (Wildman–Crippen LogP) is 4.67. The van der Waals surface area contributed by atoms with Crippen LogP contribution in [-0.4, -0.2) is 25.3 Å². The van der Waals surface area contributed by atoms with Crippen molar-refractivity contribution in [2.75, 3.05) is 13.2 Å². The van der Waals surface area contributed by atoms with Gasteiger partial charge < -0.3 is 9.47 Å². The second-order valence-corrected chi connectivity index (χ2v) is 6.70. The van der Waals surface area contributed by atoms with E-state index in [1.54, 1.807) is 30.5 Å². The van der Waals surface area contributed by atoms with Gasteiger partial charge in [0.05, 0.1) is 6.21 Å². The second-order valence-electron chi connectivity index (χ2n) is 5.79. The van der Waals surface area contributed by atoms with E-state index in [4.69, 9.17) is 9.47 Å². The minimum absolute atomic E-state index is 0.255. The van der Waals surface area contributed by atoms with Crippen LogP contribution >= 0.6 is 15.9 Å². The van der Waals surface area contributed by atoms with Crippen LogP contribution in [0.3, 0.4) is 0 Å². The lowest BCUT2D eigenvalue weighted by Gasteiger charge is -2.09. The number of hydrazone groups is 1. The first-order valence-electron chi connectivity index (χ1n) is 8.70. The number of benzene rings is 3. The number of halogens is 1. The number of nitrogens with zero attached hydrogens (tertiary/aromatic N) is 1. The Hall–Kier alpha value is -3.12. The van der Waals surface area contributed by atoms with Crippen molar-refractivity contribution >= 4 is 28.1 Å². The number of carbonyl (C=O) groups is 1. The Morgan fingerprint density at radius 3 is 2.36 bits per heavy atom. The number of ether oxygens (including phenoxy) is 2.